The van der Waals surface area contributed by atoms with Gasteiger partial charge >= 0.3 is 5.97 Å². The van der Waals surface area contributed by atoms with Crippen molar-refractivity contribution >= 4 is 29.1 Å². The molecule has 0 aromatic heterocycles. The lowest BCUT2D eigenvalue weighted by atomic mass is 10.1. The van der Waals surface area contributed by atoms with Crippen LogP contribution in [0.4, 0.5) is 11.4 Å². The van der Waals surface area contributed by atoms with Crippen molar-refractivity contribution in [1.82, 2.24) is 0 Å². The summed E-state index contributed by atoms with van der Waals surface area (Å²) >= 11 is 1.60. The van der Waals surface area contributed by atoms with Crippen LogP contribution in [0.1, 0.15) is 23.7 Å². The van der Waals surface area contributed by atoms with Gasteiger partial charge in [0.25, 0.3) is 5.69 Å². The standard InChI is InChI=1S/C12H16N2O4S/c1-3-8(7-19-2)13-11-9(12(15)16)5-4-6-10(11)14(17)18/h4-6,8,13H,3,7H2,1-2H3,(H,15,16). The zero-order chi connectivity index (χ0) is 14.4. The second-order valence-corrected chi connectivity index (χ2v) is 4.88. The van der Waals surface area contributed by atoms with E-state index in [2.05, 4.69) is 5.32 Å². The molecule has 6 nitrogen and oxygen atoms in total. The SMILES string of the molecule is CCC(CSC)Nc1c(C(=O)O)cccc1[N+](=O)[O-]. The number of hydrogen-bond acceptors (Lipinski definition) is 5. The Morgan fingerprint density at radius 2 is 2.26 bits per heavy atom. The third kappa shape index (κ3) is 3.85. The summed E-state index contributed by atoms with van der Waals surface area (Å²) in [5.74, 6) is -0.424. The molecule has 0 amide bonds. The summed E-state index contributed by atoms with van der Waals surface area (Å²) in [7, 11) is 0. The van der Waals surface area contributed by atoms with E-state index in [-0.39, 0.29) is 23.0 Å². The van der Waals surface area contributed by atoms with Crippen molar-refractivity contribution in [1.29, 1.82) is 0 Å². The molecule has 7 heteroatoms. The smallest absolute Gasteiger partial charge is 0.338 e. The van der Waals surface area contributed by atoms with Crippen LogP contribution >= 0.6 is 11.8 Å². The number of carboxylic acids is 1. The number of anilines is 1. The van der Waals surface area contributed by atoms with E-state index >= 15 is 0 Å². The minimum Gasteiger partial charge on any atom is -0.478 e. The van der Waals surface area contributed by atoms with Crippen molar-refractivity contribution in [2.24, 2.45) is 0 Å². The topological polar surface area (TPSA) is 92.5 Å². The van der Waals surface area contributed by atoms with Gasteiger partial charge < -0.3 is 10.4 Å². The second kappa shape index (κ2) is 6.98. The molecule has 0 spiro atoms. The number of benzene rings is 1. The largest absolute Gasteiger partial charge is 0.478 e. The summed E-state index contributed by atoms with van der Waals surface area (Å²) in [6, 6.07) is 4.04. The Kier molecular flexibility index (Phi) is 5.62. The predicted molar refractivity (Wildman–Crippen MR) is 76.1 cm³/mol. The quantitative estimate of drug-likeness (QED) is 0.591. The summed E-state index contributed by atoms with van der Waals surface area (Å²) in [4.78, 5) is 21.6. The molecule has 0 bridgehead atoms. The van der Waals surface area contributed by atoms with Crippen molar-refractivity contribution in [2.45, 2.75) is 19.4 Å². The first-order valence-corrected chi connectivity index (χ1v) is 7.16. The van der Waals surface area contributed by atoms with E-state index in [0.29, 0.717) is 0 Å². The number of carbonyl (C=O) groups is 1. The van der Waals surface area contributed by atoms with Gasteiger partial charge in [0.15, 0.2) is 0 Å². The van der Waals surface area contributed by atoms with Crippen molar-refractivity contribution < 1.29 is 14.8 Å². The molecule has 0 saturated heterocycles. The number of nitrogens with zero attached hydrogens (tertiary/aromatic N) is 1. The van der Waals surface area contributed by atoms with Gasteiger partial charge in [0.1, 0.15) is 5.69 Å². The van der Waals surface area contributed by atoms with E-state index in [1.165, 1.54) is 18.2 Å². The zero-order valence-electron chi connectivity index (χ0n) is 10.8. The maximum Gasteiger partial charge on any atom is 0.338 e. The van der Waals surface area contributed by atoms with Crippen LogP contribution in [-0.4, -0.2) is 34.0 Å². The number of hydrogen-bond donors (Lipinski definition) is 2. The van der Waals surface area contributed by atoms with Gasteiger partial charge in [-0.05, 0) is 18.7 Å². The summed E-state index contributed by atoms with van der Waals surface area (Å²) in [5, 5.41) is 23.1. The third-order valence-corrected chi connectivity index (χ3v) is 3.41. The highest BCUT2D eigenvalue weighted by Crippen LogP contribution is 2.29. The lowest BCUT2D eigenvalue weighted by Crippen LogP contribution is -2.23. The highest BCUT2D eigenvalue weighted by atomic mass is 32.2. The molecule has 1 rings (SSSR count). The summed E-state index contributed by atoms with van der Waals surface area (Å²) in [5.41, 5.74) is -0.200. The van der Waals surface area contributed by atoms with Crippen LogP contribution in [0.5, 0.6) is 0 Å². The van der Waals surface area contributed by atoms with Gasteiger partial charge in [-0.25, -0.2) is 4.79 Å². The van der Waals surface area contributed by atoms with Crippen molar-refractivity contribution in [3.63, 3.8) is 0 Å². The Labute approximate surface area is 115 Å². The monoisotopic (exact) mass is 284 g/mol. The molecule has 0 radical (unpaired) electrons. The van der Waals surface area contributed by atoms with E-state index < -0.39 is 10.9 Å². The van der Waals surface area contributed by atoms with Crippen LogP contribution in [0.2, 0.25) is 0 Å². The molecule has 1 unspecified atom stereocenters. The van der Waals surface area contributed by atoms with E-state index in [0.717, 1.165) is 12.2 Å². The number of nitro benzene ring substituents is 1. The van der Waals surface area contributed by atoms with Crippen molar-refractivity contribution in [3.8, 4) is 0 Å². The van der Waals surface area contributed by atoms with Crippen molar-refractivity contribution in [2.75, 3.05) is 17.3 Å². The Morgan fingerprint density at radius 1 is 1.58 bits per heavy atom. The zero-order valence-corrected chi connectivity index (χ0v) is 11.6. The molecular weight excluding hydrogens is 268 g/mol. The average molecular weight is 284 g/mol. The first-order valence-electron chi connectivity index (χ1n) is 5.77. The van der Waals surface area contributed by atoms with Crippen molar-refractivity contribution in [3.05, 3.63) is 33.9 Å². The molecule has 1 atom stereocenters. The van der Waals surface area contributed by atoms with Gasteiger partial charge in [0.2, 0.25) is 0 Å². The predicted octanol–water partition coefficient (Wildman–Crippen LogP) is 2.85. The fraction of sp³-hybridized carbons (Fsp3) is 0.417. The number of carboxylic acid groups (broad SMARTS) is 1. The molecule has 1 aromatic rings. The molecule has 0 aliphatic heterocycles. The van der Waals surface area contributed by atoms with E-state index in [1.807, 2.05) is 13.2 Å². The van der Waals surface area contributed by atoms with E-state index in [9.17, 15) is 14.9 Å². The fourth-order valence-electron chi connectivity index (χ4n) is 1.69. The fourth-order valence-corrected chi connectivity index (χ4v) is 2.41. The Hall–Kier alpha value is -1.76. The molecule has 104 valence electrons. The summed E-state index contributed by atoms with van der Waals surface area (Å²) in [6.07, 6.45) is 2.69. The Bertz CT molecular complexity index is 447. The minimum absolute atomic E-state index is 0.00537. The van der Waals surface area contributed by atoms with Gasteiger partial charge in [-0.2, -0.15) is 11.8 Å². The number of para-hydroxylation sites is 1. The average Bonchev–Trinajstić information content (AvgIpc) is 2.37. The van der Waals surface area contributed by atoms with Gasteiger partial charge in [0, 0.05) is 17.9 Å². The number of thioether (sulfide) groups is 1. The molecule has 1 aromatic carbocycles. The normalized spacial score (nSPS) is 11.9. The minimum atomic E-state index is -1.18. The maximum atomic E-state index is 11.2. The van der Waals surface area contributed by atoms with Crippen LogP contribution in [0.25, 0.3) is 0 Å². The number of aromatic carboxylic acids is 1. The molecule has 2 N–H and O–H groups in total. The molecule has 0 aliphatic carbocycles. The summed E-state index contributed by atoms with van der Waals surface area (Å²) in [6.45, 7) is 1.95. The first-order chi connectivity index (χ1) is 9.01. The number of rotatable bonds is 7. The van der Waals surface area contributed by atoms with Crippen LogP contribution in [0.3, 0.4) is 0 Å². The van der Waals surface area contributed by atoms with Crippen LogP contribution in [0.15, 0.2) is 18.2 Å². The lowest BCUT2D eigenvalue weighted by molar-refractivity contribution is -0.384. The van der Waals surface area contributed by atoms with Gasteiger partial charge in [-0.15, -0.1) is 0 Å². The van der Waals surface area contributed by atoms with Gasteiger partial charge in [-0.3, -0.25) is 10.1 Å². The molecule has 0 fully saturated rings. The van der Waals surface area contributed by atoms with E-state index in [1.54, 1.807) is 11.8 Å². The van der Waals surface area contributed by atoms with Gasteiger partial charge in [-0.1, -0.05) is 13.0 Å². The molecule has 0 saturated carbocycles. The maximum absolute atomic E-state index is 11.2. The molecule has 0 heterocycles. The Morgan fingerprint density at radius 3 is 2.74 bits per heavy atom. The molecular formula is C12H16N2O4S. The lowest BCUT2D eigenvalue weighted by Gasteiger charge is -2.18. The van der Waals surface area contributed by atoms with Crippen LogP contribution in [0, 0.1) is 10.1 Å². The van der Waals surface area contributed by atoms with Crippen LogP contribution < -0.4 is 5.32 Å². The van der Waals surface area contributed by atoms with Crippen LogP contribution in [-0.2, 0) is 0 Å². The molecule has 19 heavy (non-hydrogen) atoms. The Balaban J connectivity index is 3.20. The molecule has 0 aliphatic rings. The first kappa shape index (κ1) is 15.3. The second-order valence-electron chi connectivity index (χ2n) is 3.97. The number of nitrogens with one attached hydrogen (secondary N) is 1. The van der Waals surface area contributed by atoms with E-state index in [4.69, 9.17) is 5.11 Å². The highest BCUT2D eigenvalue weighted by Gasteiger charge is 2.23. The van der Waals surface area contributed by atoms with Gasteiger partial charge in [0.05, 0.1) is 10.5 Å². The summed E-state index contributed by atoms with van der Waals surface area (Å²) < 4.78 is 0. The number of nitro groups is 1. The third-order valence-electron chi connectivity index (χ3n) is 2.68. The highest BCUT2D eigenvalue weighted by molar-refractivity contribution is 7.98.